The number of hydrazone groups is 1. The van der Waals surface area contributed by atoms with Crippen LogP contribution in [0, 0.1) is 13.8 Å². The van der Waals surface area contributed by atoms with E-state index in [0.29, 0.717) is 29.4 Å². The Morgan fingerprint density at radius 2 is 1.71 bits per heavy atom. The van der Waals surface area contributed by atoms with Crippen LogP contribution in [0.25, 0.3) is 0 Å². The molecule has 0 aliphatic carbocycles. The topological polar surface area (TPSA) is 118 Å². The van der Waals surface area contributed by atoms with Crippen molar-refractivity contribution in [2.24, 2.45) is 5.10 Å². The van der Waals surface area contributed by atoms with Crippen LogP contribution < -0.4 is 25.5 Å². The molecule has 0 aromatic heterocycles. The summed E-state index contributed by atoms with van der Waals surface area (Å²) in [4.78, 5) is 36.8. The van der Waals surface area contributed by atoms with E-state index in [2.05, 4.69) is 37.1 Å². The Morgan fingerprint density at radius 1 is 0.947 bits per heavy atom. The Kier molecular flexibility index (Phi) is 10.4. The SMILES string of the molecule is CCCOc1ccc(NC(=O)C(=O)N/N=C\c2cc(Br)ccc2OCC(=O)Nc2cccc(C)c2C)cc1. The quantitative estimate of drug-likeness (QED) is 0.178. The highest BCUT2D eigenvalue weighted by atomic mass is 79.9. The summed E-state index contributed by atoms with van der Waals surface area (Å²) in [6.07, 6.45) is 2.21. The van der Waals surface area contributed by atoms with E-state index in [0.717, 1.165) is 27.7 Å². The van der Waals surface area contributed by atoms with Crippen LogP contribution in [0.4, 0.5) is 11.4 Å². The van der Waals surface area contributed by atoms with E-state index < -0.39 is 11.8 Å². The fraction of sp³-hybridized carbons (Fsp3) is 0.214. The first-order valence-corrected chi connectivity index (χ1v) is 12.7. The van der Waals surface area contributed by atoms with Gasteiger partial charge in [0.05, 0.1) is 12.8 Å². The number of hydrogen-bond acceptors (Lipinski definition) is 6. The van der Waals surface area contributed by atoms with Crippen LogP contribution in [-0.4, -0.2) is 37.1 Å². The van der Waals surface area contributed by atoms with Crippen LogP contribution in [0.15, 0.2) is 70.2 Å². The summed E-state index contributed by atoms with van der Waals surface area (Å²) in [5, 5.41) is 9.20. The third-order valence-corrected chi connectivity index (χ3v) is 5.86. The summed E-state index contributed by atoms with van der Waals surface area (Å²) in [5.74, 6) is -1.10. The summed E-state index contributed by atoms with van der Waals surface area (Å²) < 4.78 is 11.9. The molecule has 0 bridgehead atoms. The second-order valence-electron chi connectivity index (χ2n) is 8.29. The first-order chi connectivity index (χ1) is 18.3. The molecule has 9 nitrogen and oxygen atoms in total. The molecule has 0 spiro atoms. The number of aryl methyl sites for hydroxylation is 1. The summed E-state index contributed by atoms with van der Waals surface area (Å²) in [7, 11) is 0. The van der Waals surface area contributed by atoms with Crippen LogP contribution in [0.3, 0.4) is 0 Å². The molecule has 3 amide bonds. The van der Waals surface area contributed by atoms with Gasteiger partial charge in [-0.25, -0.2) is 5.43 Å². The fourth-order valence-electron chi connectivity index (χ4n) is 3.22. The third-order valence-electron chi connectivity index (χ3n) is 5.37. The Bertz CT molecular complexity index is 1330. The third kappa shape index (κ3) is 8.45. The highest BCUT2D eigenvalue weighted by molar-refractivity contribution is 9.10. The lowest BCUT2D eigenvalue weighted by Crippen LogP contribution is -2.32. The molecule has 0 heterocycles. The lowest BCUT2D eigenvalue weighted by Gasteiger charge is -2.12. The number of carbonyl (C=O) groups excluding carboxylic acids is 3. The largest absolute Gasteiger partial charge is 0.494 e. The van der Waals surface area contributed by atoms with Gasteiger partial charge in [-0.05, 0) is 79.9 Å². The maximum atomic E-state index is 12.4. The number of rotatable bonds is 10. The van der Waals surface area contributed by atoms with Gasteiger partial charge in [0.25, 0.3) is 5.91 Å². The summed E-state index contributed by atoms with van der Waals surface area (Å²) in [6.45, 7) is 6.28. The summed E-state index contributed by atoms with van der Waals surface area (Å²) in [6, 6.07) is 17.5. The highest BCUT2D eigenvalue weighted by Gasteiger charge is 2.14. The van der Waals surface area contributed by atoms with Crippen molar-refractivity contribution >= 4 is 51.2 Å². The molecule has 0 saturated heterocycles. The van der Waals surface area contributed by atoms with Gasteiger partial charge in [0, 0.05) is 21.4 Å². The van der Waals surface area contributed by atoms with Crippen LogP contribution >= 0.6 is 15.9 Å². The molecule has 3 N–H and O–H groups in total. The molecular weight excluding hydrogens is 552 g/mol. The smallest absolute Gasteiger partial charge is 0.329 e. The monoisotopic (exact) mass is 580 g/mol. The van der Waals surface area contributed by atoms with Gasteiger partial charge in [-0.15, -0.1) is 0 Å². The number of nitrogens with one attached hydrogen (secondary N) is 3. The number of benzene rings is 3. The Labute approximate surface area is 229 Å². The van der Waals surface area contributed by atoms with E-state index in [1.54, 1.807) is 42.5 Å². The molecule has 3 aromatic carbocycles. The molecule has 3 rings (SSSR count). The lowest BCUT2D eigenvalue weighted by molar-refractivity contribution is -0.136. The molecule has 0 aliphatic rings. The molecule has 198 valence electrons. The minimum Gasteiger partial charge on any atom is -0.494 e. The second-order valence-corrected chi connectivity index (χ2v) is 9.21. The number of amides is 3. The summed E-state index contributed by atoms with van der Waals surface area (Å²) in [5.41, 5.74) is 5.89. The van der Waals surface area contributed by atoms with Crippen molar-refractivity contribution in [3.63, 3.8) is 0 Å². The van der Waals surface area contributed by atoms with Crippen LogP contribution in [0.2, 0.25) is 0 Å². The van der Waals surface area contributed by atoms with Gasteiger partial charge in [-0.3, -0.25) is 14.4 Å². The molecule has 38 heavy (non-hydrogen) atoms. The van der Waals surface area contributed by atoms with Gasteiger partial charge in [0.15, 0.2) is 6.61 Å². The zero-order valence-electron chi connectivity index (χ0n) is 21.3. The summed E-state index contributed by atoms with van der Waals surface area (Å²) >= 11 is 3.38. The molecule has 0 fully saturated rings. The van der Waals surface area contributed by atoms with Gasteiger partial charge in [0.2, 0.25) is 0 Å². The van der Waals surface area contributed by atoms with E-state index in [1.165, 1.54) is 6.21 Å². The number of carbonyl (C=O) groups is 3. The molecule has 3 aromatic rings. The van der Waals surface area contributed by atoms with E-state index in [4.69, 9.17) is 9.47 Å². The average Bonchev–Trinajstić information content (AvgIpc) is 2.90. The Hall–Kier alpha value is -4.18. The number of ether oxygens (including phenoxy) is 2. The van der Waals surface area contributed by atoms with Crippen molar-refractivity contribution < 1.29 is 23.9 Å². The normalized spacial score (nSPS) is 10.6. The average molecular weight is 581 g/mol. The second kappa shape index (κ2) is 13.9. The van der Waals surface area contributed by atoms with Gasteiger partial charge in [-0.2, -0.15) is 5.10 Å². The van der Waals surface area contributed by atoms with Crippen molar-refractivity contribution in [2.45, 2.75) is 27.2 Å². The molecule has 10 heteroatoms. The number of anilines is 2. The van der Waals surface area contributed by atoms with Crippen molar-refractivity contribution in [3.8, 4) is 11.5 Å². The van der Waals surface area contributed by atoms with Crippen molar-refractivity contribution in [2.75, 3.05) is 23.8 Å². The van der Waals surface area contributed by atoms with Gasteiger partial charge in [0.1, 0.15) is 11.5 Å². The van der Waals surface area contributed by atoms with E-state index in [1.807, 2.05) is 39.0 Å². The maximum absolute atomic E-state index is 12.4. The minimum absolute atomic E-state index is 0.229. The number of halogens is 1. The van der Waals surface area contributed by atoms with Crippen molar-refractivity contribution in [1.82, 2.24) is 5.43 Å². The van der Waals surface area contributed by atoms with Gasteiger partial charge < -0.3 is 20.1 Å². The number of nitrogens with zero attached hydrogens (tertiary/aromatic N) is 1. The molecule has 0 aliphatic heterocycles. The lowest BCUT2D eigenvalue weighted by atomic mass is 10.1. The zero-order chi connectivity index (χ0) is 27.5. The maximum Gasteiger partial charge on any atom is 0.329 e. The standard InChI is InChI=1S/C28H29BrN4O5/c1-4-14-37-23-11-9-22(10-12-23)31-27(35)28(36)33-30-16-20-15-21(29)8-13-25(20)38-17-26(34)32-24-7-5-6-18(2)19(24)3/h5-13,15-16H,4,14,17H2,1-3H3,(H,31,35)(H,32,34)(H,33,36)/b30-16-. The predicted molar refractivity (Wildman–Crippen MR) is 151 cm³/mol. The minimum atomic E-state index is -0.946. The van der Waals surface area contributed by atoms with Gasteiger partial charge in [-0.1, -0.05) is 35.0 Å². The van der Waals surface area contributed by atoms with E-state index >= 15 is 0 Å². The molecule has 0 unspecified atom stereocenters. The Morgan fingerprint density at radius 3 is 2.45 bits per heavy atom. The first-order valence-electron chi connectivity index (χ1n) is 11.9. The van der Waals surface area contributed by atoms with Crippen LogP contribution in [0.1, 0.15) is 30.0 Å². The Balaban J connectivity index is 1.55. The van der Waals surface area contributed by atoms with Gasteiger partial charge >= 0.3 is 11.8 Å². The molecule has 0 atom stereocenters. The fourth-order valence-corrected chi connectivity index (χ4v) is 3.60. The molecular formula is C28H29BrN4O5. The van der Waals surface area contributed by atoms with Crippen LogP contribution in [-0.2, 0) is 14.4 Å². The van der Waals surface area contributed by atoms with Crippen molar-refractivity contribution in [1.29, 1.82) is 0 Å². The number of hydrogen-bond donors (Lipinski definition) is 3. The van der Waals surface area contributed by atoms with Crippen LogP contribution in [0.5, 0.6) is 11.5 Å². The van der Waals surface area contributed by atoms with E-state index in [9.17, 15) is 14.4 Å². The predicted octanol–water partition coefficient (Wildman–Crippen LogP) is 4.96. The first kappa shape index (κ1) is 28.4. The van der Waals surface area contributed by atoms with E-state index in [-0.39, 0.29) is 12.5 Å². The van der Waals surface area contributed by atoms with Crippen molar-refractivity contribution in [3.05, 3.63) is 81.8 Å². The zero-order valence-corrected chi connectivity index (χ0v) is 22.9. The molecule has 0 saturated carbocycles. The molecule has 0 radical (unpaired) electrons. The highest BCUT2D eigenvalue weighted by Crippen LogP contribution is 2.22.